The lowest BCUT2D eigenvalue weighted by atomic mass is 9.96. The maximum Gasteiger partial charge on any atom is 0.191 e. The molecule has 28 heavy (non-hydrogen) atoms. The highest BCUT2D eigenvalue weighted by Crippen LogP contribution is 2.47. The predicted octanol–water partition coefficient (Wildman–Crippen LogP) is 3.59. The quantitative estimate of drug-likeness (QED) is 0.511. The Kier molecular flexibility index (Phi) is 6.60. The van der Waals surface area contributed by atoms with E-state index in [1.807, 2.05) is 12.1 Å². The van der Waals surface area contributed by atoms with Crippen LogP contribution in [0, 0.1) is 0 Å². The molecule has 0 amide bonds. The second kappa shape index (κ2) is 9.13. The van der Waals surface area contributed by atoms with Gasteiger partial charge in [0.15, 0.2) is 5.96 Å². The van der Waals surface area contributed by atoms with Crippen LogP contribution in [0.25, 0.3) is 0 Å². The van der Waals surface area contributed by atoms with Crippen LogP contribution in [0.3, 0.4) is 0 Å². The third kappa shape index (κ3) is 4.49. The summed E-state index contributed by atoms with van der Waals surface area (Å²) < 4.78 is 10.7. The molecule has 0 bridgehead atoms. The first-order valence-corrected chi connectivity index (χ1v) is 10.3. The smallest absolute Gasteiger partial charge is 0.191 e. The Morgan fingerprint density at radius 2 is 1.89 bits per heavy atom. The maximum absolute atomic E-state index is 5.46. The van der Waals surface area contributed by atoms with Crippen LogP contribution in [0.4, 0.5) is 0 Å². The molecule has 152 valence electrons. The lowest BCUT2D eigenvalue weighted by Crippen LogP contribution is -2.41. The largest absolute Gasteiger partial charge is 0.497 e. The fraction of sp³-hybridized carbons (Fsp3) is 0.545. The zero-order chi connectivity index (χ0) is 20.0. The van der Waals surface area contributed by atoms with Gasteiger partial charge in [-0.05, 0) is 43.9 Å². The van der Waals surface area contributed by atoms with Crippen molar-refractivity contribution in [3.8, 4) is 5.75 Å². The van der Waals surface area contributed by atoms with E-state index < -0.39 is 0 Å². The predicted molar refractivity (Wildman–Crippen MR) is 112 cm³/mol. The summed E-state index contributed by atoms with van der Waals surface area (Å²) in [7, 11) is 1.70. The summed E-state index contributed by atoms with van der Waals surface area (Å²) in [5.74, 6) is 2.68. The number of guanidine groups is 1. The molecule has 1 saturated carbocycles. The molecule has 0 saturated heterocycles. The number of aryl methyl sites for hydroxylation is 2. The second-order valence-corrected chi connectivity index (χ2v) is 7.30. The van der Waals surface area contributed by atoms with Gasteiger partial charge in [-0.3, -0.25) is 0 Å². The summed E-state index contributed by atoms with van der Waals surface area (Å²) in [6.07, 6.45) is 4.08. The van der Waals surface area contributed by atoms with E-state index in [-0.39, 0.29) is 5.41 Å². The Labute approximate surface area is 167 Å². The molecule has 1 heterocycles. The number of rotatable bonds is 9. The van der Waals surface area contributed by atoms with Gasteiger partial charge in [-0.15, -0.1) is 0 Å². The van der Waals surface area contributed by atoms with Gasteiger partial charge in [-0.2, -0.15) is 0 Å². The van der Waals surface area contributed by atoms with Crippen molar-refractivity contribution in [2.75, 3.05) is 20.2 Å². The molecule has 0 aliphatic heterocycles. The molecule has 1 aliphatic carbocycles. The van der Waals surface area contributed by atoms with Crippen molar-refractivity contribution in [2.24, 2.45) is 4.99 Å². The van der Waals surface area contributed by atoms with E-state index in [0.717, 1.165) is 54.7 Å². The standard InChI is InChI=1S/C22H32N4O2/c1-5-19-18(20(6-2)28-26-19)14-24-21(23-7-3)25-15-22(12-13-22)16-8-10-17(27-4)11-9-16/h8-11H,5-7,12-15H2,1-4H3,(H2,23,24,25). The van der Waals surface area contributed by atoms with Crippen LogP contribution >= 0.6 is 0 Å². The lowest BCUT2D eigenvalue weighted by molar-refractivity contribution is 0.380. The molecule has 1 aliphatic rings. The van der Waals surface area contributed by atoms with Gasteiger partial charge < -0.3 is 19.9 Å². The Balaban J connectivity index is 1.67. The molecule has 0 atom stereocenters. The number of ether oxygens (including phenoxy) is 1. The van der Waals surface area contributed by atoms with Crippen molar-refractivity contribution in [1.82, 2.24) is 15.8 Å². The van der Waals surface area contributed by atoms with E-state index in [1.54, 1.807) is 7.11 Å². The molecule has 2 N–H and O–H groups in total. The summed E-state index contributed by atoms with van der Waals surface area (Å²) >= 11 is 0. The molecule has 1 fully saturated rings. The first-order chi connectivity index (χ1) is 13.7. The summed E-state index contributed by atoms with van der Waals surface area (Å²) in [4.78, 5) is 4.80. The van der Waals surface area contributed by atoms with E-state index in [2.05, 4.69) is 48.7 Å². The van der Waals surface area contributed by atoms with Gasteiger partial charge >= 0.3 is 0 Å². The summed E-state index contributed by atoms with van der Waals surface area (Å²) in [6, 6.07) is 8.43. The number of methoxy groups -OCH3 is 1. The molecule has 6 heteroatoms. The molecule has 6 nitrogen and oxygen atoms in total. The zero-order valence-corrected chi connectivity index (χ0v) is 17.5. The SMILES string of the molecule is CCNC(=NCc1c(CC)noc1CC)NCC1(c2ccc(OC)cc2)CC1. The van der Waals surface area contributed by atoms with Crippen LogP contribution < -0.4 is 15.4 Å². The van der Waals surface area contributed by atoms with Gasteiger partial charge in [-0.1, -0.05) is 31.1 Å². The Hall–Kier alpha value is -2.50. The Morgan fingerprint density at radius 3 is 2.46 bits per heavy atom. The Morgan fingerprint density at radius 1 is 1.14 bits per heavy atom. The third-order valence-electron chi connectivity index (χ3n) is 5.50. The average molecular weight is 385 g/mol. The van der Waals surface area contributed by atoms with Gasteiger partial charge in [0.1, 0.15) is 11.5 Å². The van der Waals surface area contributed by atoms with Gasteiger partial charge in [0, 0.05) is 30.5 Å². The minimum absolute atomic E-state index is 0.197. The van der Waals surface area contributed by atoms with Crippen LogP contribution in [-0.4, -0.2) is 31.3 Å². The van der Waals surface area contributed by atoms with E-state index in [4.69, 9.17) is 14.3 Å². The average Bonchev–Trinajstić information content (AvgIpc) is 3.42. The van der Waals surface area contributed by atoms with Gasteiger partial charge in [-0.25, -0.2) is 4.99 Å². The van der Waals surface area contributed by atoms with Crippen molar-refractivity contribution in [2.45, 2.75) is 58.4 Å². The topological polar surface area (TPSA) is 71.7 Å². The Bertz CT molecular complexity index is 770. The van der Waals surface area contributed by atoms with E-state index in [9.17, 15) is 0 Å². The van der Waals surface area contributed by atoms with E-state index in [1.165, 1.54) is 18.4 Å². The summed E-state index contributed by atoms with van der Waals surface area (Å²) in [5.41, 5.74) is 3.69. The van der Waals surface area contributed by atoms with Gasteiger partial charge in [0.25, 0.3) is 0 Å². The number of hydrogen-bond donors (Lipinski definition) is 2. The molecule has 0 unspecified atom stereocenters. The van der Waals surface area contributed by atoms with E-state index >= 15 is 0 Å². The number of nitrogens with zero attached hydrogens (tertiary/aromatic N) is 2. The molecule has 0 spiro atoms. The van der Waals surface area contributed by atoms with Crippen molar-refractivity contribution < 1.29 is 9.26 Å². The van der Waals surface area contributed by atoms with Crippen molar-refractivity contribution in [1.29, 1.82) is 0 Å². The third-order valence-corrected chi connectivity index (χ3v) is 5.50. The van der Waals surface area contributed by atoms with Crippen molar-refractivity contribution >= 4 is 5.96 Å². The molecule has 0 radical (unpaired) electrons. The number of aromatic nitrogens is 1. The van der Waals surface area contributed by atoms with E-state index in [0.29, 0.717) is 6.54 Å². The van der Waals surface area contributed by atoms with Crippen molar-refractivity contribution in [3.63, 3.8) is 0 Å². The number of aliphatic imine (C=N–C) groups is 1. The first-order valence-electron chi connectivity index (χ1n) is 10.3. The molecular formula is C22H32N4O2. The molecule has 3 rings (SSSR count). The fourth-order valence-corrected chi connectivity index (χ4v) is 3.53. The van der Waals surface area contributed by atoms with Crippen LogP contribution in [0.2, 0.25) is 0 Å². The number of benzene rings is 1. The highest BCUT2D eigenvalue weighted by atomic mass is 16.5. The first kappa shape index (κ1) is 20.2. The van der Waals surface area contributed by atoms with Crippen LogP contribution in [0.1, 0.15) is 56.2 Å². The van der Waals surface area contributed by atoms with Gasteiger partial charge in [0.2, 0.25) is 0 Å². The minimum Gasteiger partial charge on any atom is -0.497 e. The maximum atomic E-state index is 5.46. The summed E-state index contributed by atoms with van der Waals surface area (Å²) in [6.45, 7) is 8.55. The lowest BCUT2D eigenvalue weighted by Gasteiger charge is -2.19. The molecule has 2 aromatic rings. The highest BCUT2D eigenvalue weighted by Gasteiger charge is 2.44. The summed E-state index contributed by atoms with van der Waals surface area (Å²) in [5, 5.41) is 11.1. The molecule has 1 aromatic heterocycles. The van der Waals surface area contributed by atoms with Crippen molar-refractivity contribution in [3.05, 3.63) is 46.8 Å². The number of hydrogen-bond acceptors (Lipinski definition) is 4. The minimum atomic E-state index is 0.197. The fourth-order valence-electron chi connectivity index (χ4n) is 3.53. The highest BCUT2D eigenvalue weighted by molar-refractivity contribution is 5.80. The monoisotopic (exact) mass is 384 g/mol. The second-order valence-electron chi connectivity index (χ2n) is 7.30. The van der Waals surface area contributed by atoms with Crippen LogP contribution in [0.15, 0.2) is 33.8 Å². The molecular weight excluding hydrogens is 352 g/mol. The number of nitrogens with one attached hydrogen (secondary N) is 2. The molecule has 1 aromatic carbocycles. The van der Waals surface area contributed by atoms with Crippen LogP contribution in [0.5, 0.6) is 5.75 Å². The normalized spacial score (nSPS) is 15.4. The van der Waals surface area contributed by atoms with Crippen LogP contribution in [-0.2, 0) is 24.8 Å². The zero-order valence-electron chi connectivity index (χ0n) is 17.5. The van der Waals surface area contributed by atoms with Gasteiger partial charge in [0.05, 0.1) is 19.3 Å².